The Hall–Kier alpha value is -0.840. The smallest absolute Gasteiger partial charge is 0.103 e. The lowest BCUT2D eigenvalue weighted by atomic mass is 10.1. The molecular weight excluding hydrogens is 242 g/mol. The van der Waals surface area contributed by atoms with E-state index in [1.807, 2.05) is 12.1 Å². The lowest BCUT2D eigenvalue weighted by Gasteiger charge is -2.17. The number of aliphatic hydroxyl groups excluding tert-OH is 1. The van der Waals surface area contributed by atoms with Gasteiger partial charge in [0, 0.05) is 25.6 Å². The molecule has 0 radical (unpaired) electrons. The molecule has 1 heterocycles. The summed E-state index contributed by atoms with van der Waals surface area (Å²) in [7, 11) is 0. The molecule has 0 bridgehead atoms. The summed E-state index contributed by atoms with van der Waals surface area (Å²) in [5.41, 5.74) is 0. The first-order valence-corrected chi connectivity index (χ1v) is 7.25. The minimum atomic E-state index is -0.412. The van der Waals surface area contributed by atoms with Crippen LogP contribution in [0.1, 0.15) is 31.9 Å². The summed E-state index contributed by atoms with van der Waals surface area (Å²) in [4.78, 5) is 0. The highest BCUT2D eigenvalue weighted by Gasteiger charge is 2.21. The van der Waals surface area contributed by atoms with E-state index in [1.165, 1.54) is 12.8 Å². The molecule has 0 saturated heterocycles. The van der Waals surface area contributed by atoms with Crippen molar-refractivity contribution in [3.05, 3.63) is 24.2 Å². The van der Waals surface area contributed by atoms with Crippen LogP contribution in [0.3, 0.4) is 0 Å². The maximum absolute atomic E-state index is 9.78. The van der Waals surface area contributed by atoms with Gasteiger partial charge in [-0.05, 0) is 44.2 Å². The second-order valence-electron chi connectivity index (χ2n) is 5.56. The number of hydrogen-bond acceptors (Lipinski definition) is 4. The molecule has 4 nitrogen and oxygen atoms in total. The van der Waals surface area contributed by atoms with E-state index in [2.05, 4.69) is 12.2 Å². The van der Waals surface area contributed by atoms with Crippen molar-refractivity contribution in [2.45, 2.75) is 44.8 Å². The molecule has 0 spiro atoms. The Kier molecular flexibility index (Phi) is 5.89. The summed E-state index contributed by atoms with van der Waals surface area (Å²) in [6, 6.07) is 4.27. The molecule has 0 aliphatic heterocycles. The number of rotatable bonds is 10. The van der Waals surface area contributed by atoms with Crippen molar-refractivity contribution >= 4 is 0 Å². The molecule has 1 saturated carbocycles. The standard InChI is InChI=1S/C15H25NO3/c1-12(4-7-15-3-2-8-19-15)16-9-14(17)11-18-10-13-5-6-13/h2-3,8,12-14,16-17H,4-7,9-11H2,1H3. The van der Waals surface area contributed by atoms with Gasteiger partial charge in [-0.15, -0.1) is 0 Å². The summed E-state index contributed by atoms with van der Waals surface area (Å²) in [5.74, 6) is 1.77. The van der Waals surface area contributed by atoms with Crippen molar-refractivity contribution in [2.75, 3.05) is 19.8 Å². The number of nitrogens with one attached hydrogen (secondary N) is 1. The third-order valence-corrected chi connectivity index (χ3v) is 3.47. The predicted molar refractivity (Wildman–Crippen MR) is 74.0 cm³/mol. The molecule has 1 aromatic heterocycles. The zero-order valence-electron chi connectivity index (χ0n) is 11.7. The lowest BCUT2D eigenvalue weighted by Crippen LogP contribution is -2.36. The Labute approximate surface area is 115 Å². The van der Waals surface area contributed by atoms with Gasteiger partial charge in [0.05, 0.1) is 19.0 Å². The van der Waals surface area contributed by atoms with Gasteiger partial charge in [-0.1, -0.05) is 0 Å². The third-order valence-electron chi connectivity index (χ3n) is 3.47. The fourth-order valence-electron chi connectivity index (χ4n) is 1.97. The maximum atomic E-state index is 9.78. The zero-order valence-corrected chi connectivity index (χ0v) is 11.7. The van der Waals surface area contributed by atoms with Gasteiger partial charge in [0.25, 0.3) is 0 Å². The van der Waals surface area contributed by atoms with E-state index in [0.717, 1.165) is 31.1 Å². The topological polar surface area (TPSA) is 54.6 Å². The lowest BCUT2D eigenvalue weighted by molar-refractivity contribution is 0.0314. The molecule has 2 atom stereocenters. The summed E-state index contributed by atoms with van der Waals surface area (Å²) in [6.07, 6.45) is 5.80. The number of furan rings is 1. The highest BCUT2D eigenvalue weighted by Crippen LogP contribution is 2.28. The summed E-state index contributed by atoms with van der Waals surface area (Å²) >= 11 is 0. The van der Waals surface area contributed by atoms with E-state index < -0.39 is 6.10 Å². The number of aryl methyl sites for hydroxylation is 1. The molecule has 19 heavy (non-hydrogen) atoms. The highest BCUT2D eigenvalue weighted by atomic mass is 16.5. The molecule has 1 aliphatic carbocycles. The molecule has 4 heteroatoms. The summed E-state index contributed by atoms with van der Waals surface area (Å²) in [6.45, 7) is 3.96. The van der Waals surface area contributed by atoms with E-state index in [1.54, 1.807) is 6.26 Å². The van der Waals surface area contributed by atoms with Crippen molar-refractivity contribution in [1.82, 2.24) is 5.32 Å². The zero-order chi connectivity index (χ0) is 13.5. The van der Waals surface area contributed by atoms with Crippen LogP contribution in [0.5, 0.6) is 0 Å². The molecule has 1 aliphatic rings. The van der Waals surface area contributed by atoms with E-state index >= 15 is 0 Å². The van der Waals surface area contributed by atoms with Crippen LogP contribution in [0.25, 0.3) is 0 Å². The third kappa shape index (κ3) is 6.23. The first-order valence-electron chi connectivity index (χ1n) is 7.25. The molecule has 2 rings (SSSR count). The maximum Gasteiger partial charge on any atom is 0.103 e. The van der Waals surface area contributed by atoms with Gasteiger partial charge in [-0.2, -0.15) is 0 Å². The van der Waals surface area contributed by atoms with Gasteiger partial charge in [0.2, 0.25) is 0 Å². The van der Waals surface area contributed by atoms with Crippen molar-refractivity contribution in [1.29, 1.82) is 0 Å². The van der Waals surface area contributed by atoms with Crippen molar-refractivity contribution in [3.63, 3.8) is 0 Å². The number of hydrogen-bond donors (Lipinski definition) is 2. The van der Waals surface area contributed by atoms with Crippen LogP contribution in [0.15, 0.2) is 22.8 Å². The average Bonchev–Trinajstić information content (AvgIpc) is 3.07. The Morgan fingerprint density at radius 2 is 2.37 bits per heavy atom. The van der Waals surface area contributed by atoms with Crippen LogP contribution >= 0.6 is 0 Å². The van der Waals surface area contributed by atoms with Crippen LogP contribution in [0, 0.1) is 5.92 Å². The summed E-state index contributed by atoms with van der Waals surface area (Å²) in [5, 5.41) is 13.1. The molecule has 2 unspecified atom stereocenters. The van der Waals surface area contributed by atoms with Gasteiger partial charge in [-0.3, -0.25) is 0 Å². The SMILES string of the molecule is CC(CCc1ccco1)NCC(O)COCC1CC1. The molecule has 1 fully saturated rings. The fraction of sp³-hybridized carbons (Fsp3) is 0.733. The van der Waals surface area contributed by atoms with Crippen LogP contribution in [0.2, 0.25) is 0 Å². The minimum absolute atomic E-state index is 0.364. The minimum Gasteiger partial charge on any atom is -0.469 e. The van der Waals surface area contributed by atoms with Gasteiger partial charge in [-0.25, -0.2) is 0 Å². The Bertz CT molecular complexity index is 335. The first-order chi connectivity index (χ1) is 9.24. The largest absolute Gasteiger partial charge is 0.469 e. The van der Waals surface area contributed by atoms with Crippen LogP contribution in [-0.4, -0.2) is 37.0 Å². The predicted octanol–water partition coefficient (Wildman–Crippen LogP) is 1.98. The van der Waals surface area contributed by atoms with Crippen molar-refractivity contribution in [2.24, 2.45) is 5.92 Å². The summed E-state index contributed by atoms with van der Waals surface area (Å²) < 4.78 is 10.8. The molecule has 0 aromatic carbocycles. The van der Waals surface area contributed by atoms with E-state index in [-0.39, 0.29) is 0 Å². The van der Waals surface area contributed by atoms with Crippen LogP contribution in [0.4, 0.5) is 0 Å². The molecule has 2 N–H and O–H groups in total. The molecule has 0 amide bonds. The van der Waals surface area contributed by atoms with E-state index in [0.29, 0.717) is 19.2 Å². The molecule has 108 valence electrons. The van der Waals surface area contributed by atoms with Gasteiger partial charge < -0.3 is 19.6 Å². The van der Waals surface area contributed by atoms with Crippen molar-refractivity contribution < 1.29 is 14.3 Å². The number of ether oxygens (including phenoxy) is 1. The van der Waals surface area contributed by atoms with Crippen molar-refractivity contribution in [3.8, 4) is 0 Å². The van der Waals surface area contributed by atoms with E-state index in [4.69, 9.17) is 9.15 Å². The average molecular weight is 267 g/mol. The molecular formula is C15H25NO3. The van der Waals surface area contributed by atoms with Gasteiger partial charge in [0.1, 0.15) is 5.76 Å². The van der Waals surface area contributed by atoms with Crippen LogP contribution < -0.4 is 5.32 Å². The fourth-order valence-corrected chi connectivity index (χ4v) is 1.97. The Morgan fingerprint density at radius 3 is 3.05 bits per heavy atom. The normalized spacial score (nSPS) is 18.4. The Morgan fingerprint density at radius 1 is 1.53 bits per heavy atom. The molecule has 1 aromatic rings. The second-order valence-corrected chi connectivity index (χ2v) is 5.56. The second kappa shape index (κ2) is 7.68. The number of aliphatic hydroxyl groups is 1. The quantitative estimate of drug-likeness (QED) is 0.680. The van der Waals surface area contributed by atoms with Crippen LogP contribution in [-0.2, 0) is 11.2 Å². The van der Waals surface area contributed by atoms with Gasteiger partial charge in [0.15, 0.2) is 0 Å². The van der Waals surface area contributed by atoms with Gasteiger partial charge >= 0.3 is 0 Å². The monoisotopic (exact) mass is 267 g/mol. The highest BCUT2D eigenvalue weighted by molar-refractivity contribution is 4.98. The Balaban J connectivity index is 1.48. The van der Waals surface area contributed by atoms with E-state index in [9.17, 15) is 5.11 Å². The first kappa shape index (κ1) is 14.6.